The fourth-order valence-electron chi connectivity index (χ4n) is 2.42. The summed E-state index contributed by atoms with van der Waals surface area (Å²) >= 11 is 5.90. The van der Waals surface area contributed by atoms with Crippen LogP contribution in [0.3, 0.4) is 0 Å². The Morgan fingerprint density at radius 3 is 2.18 bits per heavy atom. The third-order valence-corrected chi connectivity index (χ3v) is 4.07. The second kappa shape index (κ2) is 5.92. The summed E-state index contributed by atoms with van der Waals surface area (Å²) in [4.78, 5) is 24.6. The topological polar surface area (TPSA) is 58.2 Å². The first-order chi connectivity index (χ1) is 10.1. The Labute approximate surface area is 136 Å². The number of rotatable bonds is 4. The van der Waals surface area contributed by atoms with Crippen LogP contribution >= 0.6 is 11.6 Å². The van der Waals surface area contributed by atoms with E-state index < -0.39 is 11.5 Å². The van der Waals surface area contributed by atoms with Gasteiger partial charge in [-0.1, -0.05) is 23.7 Å². The van der Waals surface area contributed by atoms with Gasteiger partial charge in [-0.3, -0.25) is 9.59 Å². The standard InChI is InChI=1S/C17H23ClN2O2/c1-11(14(21)20-16(2,3)4)19-15(22)17(9-10-17)12-5-7-13(18)8-6-12/h5-8,11H,9-10H2,1-4H3,(H,19,22)(H,20,21). The fraction of sp³-hybridized carbons (Fsp3) is 0.529. The first kappa shape index (κ1) is 16.8. The van der Waals surface area contributed by atoms with Gasteiger partial charge >= 0.3 is 0 Å². The number of benzene rings is 1. The first-order valence-electron chi connectivity index (χ1n) is 7.53. The zero-order valence-corrected chi connectivity index (χ0v) is 14.3. The van der Waals surface area contributed by atoms with Gasteiger partial charge in [-0.05, 0) is 58.2 Å². The lowest BCUT2D eigenvalue weighted by Crippen LogP contribution is -2.52. The number of halogens is 1. The summed E-state index contributed by atoms with van der Waals surface area (Å²) in [5, 5.41) is 6.36. The SMILES string of the molecule is CC(NC(=O)C1(c2ccc(Cl)cc2)CC1)C(=O)NC(C)(C)C. The molecule has 1 aliphatic carbocycles. The van der Waals surface area contributed by atoms with Gasteiger partial charge in [0.25, 0.3) is 0 Å². The Hall–Kier alpha value is -1.55. The molecule has 2 amide bonds. The predicted molar refractivity (Wildman–Crippen MR) is 87.9 cm³/mol. The molecule has 2 rings (SSSR count). The highest BCUT2D eigenvalue weighted by atomic mass is 35.5. The molecule has 1 atom stereocenters. The second-order valence-electron chi connectivity index (χ2n) is 7.02. The van der Waals surface area contributed by atoms with Gasteiger partial charge in [-0.2, -0.15) is 0 Å². The molecule has 2 N–H and O–H groups in total. The molecule has 0 saturated heterocycles. The smallest absolute Gasteiger partial charge is 0.242 e. The Morgan fingerprint density at radius 1 is 1.18 bits per heavy atom. The van der Waals surface area contributed by atoms with Crippen molar-refractivity contribution in [3.05, 3.63) is 34.9 Å². The Bertz CT molecular complexity index is 571. The molecule has 1 aliphatic rings. The lowest BCUT2D eigenvalue weighted by atomic mass is 9.94. The van der Waals surface area contributed by atoms with Crippen molar-refractivity contribution < 1.29 is 9.59 Å². The molecule has 0 radical (unpaired) electrons. The highest BCUT2D eigenvalue weighted by Gasteiger charge is 2.51. The van der Waals surface area contributed by atoms with Gasteiger partial charge in [0.15, 0.2) is 0 Å². The molecule has 120 valence electrons. The fourth-order valence-corrected chi connectivity index (χ4v) is 2.54. The zero-order chi connectivity index (χ0) is 16.5. The average Bonchev–Trinajstić information content (AvgIpc) is 3.19. The van der Waals surface area contributed by atoms with Crippen LogP contribution in [-0.4, -0.2) is 23.4 Å². The number of nitrogens with one attached hydrogen (secondary N) is 2. The molecule has 0 bridgehead atoms. The maximum absolute atomic E-state index is 12.6. The van der Waals surface area contributed by atoms with Gasteiger partial charge in [0.1, 0.15) is 6.04 Å². The molecule has 5 heteroatoms. The second-order valence-corrected chi connectivity index (χ2v) is 7.46. The number of carbonyl (C=O) groups is 2. The number of hydrogen-bond acceptors (Lipinski definition) is 2. The Balaban J connectivity index is 2.03. The molecule has 0 aromatic heterocycles. The molecule has 0 spiro atoms. The van der Waals surface area contributed by atoms with E-state index in [4.69, 9.17) is 11.6 Å². The monoisotopic (exact) mass is 322 g/mol. The van der Waals surface area contributed by atoms with Gasteiger partial charge in [-0.25, -0.2) is 0 Å². The van der Waals surface area contributed by atoms with Crippen LogP contribution in [-0.2, 0) is 15.0 Å². The lowest BCUT2D eigenvalue weighted by molar-refractivity contribution is -0.130. The van der Waals surface area contributed by atoms with Crippen LogP contribution < -0.4 is 10.6 Å². The van der Waals surface area contributed by atoms with E-state index in [1.807, 2.05) is 32.9 Å². The van der Waals surface area contributed by atoms with Crippen molar-refractivity contribution in [1.82, 2.24) is 10.6 Å². The third-order valence-electron chi connectivity index (χ3n) is 3.82. The maximum Gasteiger partial charge on any atom is 0.242 e. The minimum absolute atomic E-state index is 0.0913. The minimum Gasteiger partial charge on any atom is -0.350 e. The molecule has 1 unspecified atom stereocenters. The zero-order valence-electron chi connectivity index (χ0n) is 13.5. The van der Waals surface area contributed by atoms with Crippen molar-refractivity contribution in [3.8, 4) is 0 Å². The van der Waals surface area contributed by atoms with Crippen LogP contribution in [0.15, 0.2) is 24.3 Å². The van der Waals surface area contributed by atoms with Crippen molar-refractivity contribution >= 4 is 23.4 Å². The van der Waals surface area contributed by atoms with Gasteiger partial charge < -0.3 is 10.6 Å². The number of amides is 2. The third kappa shape index (κ3) is 3.80. The summed E-state index contributed by atoms with van der Waals surface area (Å²) in [7, 11) is 0. The molecular formula is C17H23ClN2O2. The van der Waals surface area contributed by atoms with Gasteiger partial charge in [0.05, 0.1) is 5.41 Å². The summed E-state index contributed by atoms with van der Waals surface area (Å²) in [5.74, 6) is -0.265. The highest BCUT2D eigenvalue weighted by Crippen LogP contribution is 2.48. The van der Waals surface area contributed by atoms with Crippen molar-refractivity contribution in [2.45, 2.75) is 57.5 Å². The minimum atomic E-state index is -0.559. The van der Waals surface area contributed by atoms with Crippen molar-refractivity contribution in [2.75, 3.05) is 0 Å². The molecule has 0 heterocycles. The van der Waals surface area contributed by atoms with E-state index in [0.29, 0.717) is 5.02 Å². The molecular weight excluding hydrogens is 300 g/mol. The Morgan fingerprint density at radius 2 is 1.73 bits per heavy atom. The lowest BCUT2D eigenvalue weighted by Gasteiger charge is -2.25. The molecule has 1 aromatic rings. The number of carbonyl (C=O) groups excluding carboxylic acids is 2. The van der Waals surface area contributed by atoms with Crippen LogP contribution in [0, 0.1) is 0 Å². The maximum atomic E-state index is 12.6. The Kier molecular flexibility index (Phi) is 4.52. The van der Waals surface area contributed by atoms with Gasteiger partial charge in [0, 0.05) is 10.6 Å². The average molecular weight is 323 g/mol. The van der Waals surface area contributed by atoms with Gasteiger partial charge in [0.2, 0.25) is 11.8 Å². The molecule has 22 heavy (non-hydrogen) atoms. The van der Waals surface area contributed by atoms with E-state index in [2.05, 4.69) is 10.6 Å². The molecule has 1 aromatic carbocycles. The molecule has 1 saturated carbocycles. The van der Waals surface area contributed by atoms with E-state index >= 15 is 0 Å². The van der Waals surface area contributed by atoms with E-state index in [1.54, 1.807) is 19.1 Å². The normalized spacial score (nSPS) is 17.5. The van der Waals surface area contributed by atoms with Crippen LogP contribution in [0.1, 0.15) is 46.1 Å². The molecule has 1 fully saturated rings. The summed E-state index contributed by atoms with van der Waals surface area (Å²) in [5.41, 5.74) is 0.141. The highest BCUT2D eigenvalue weighted by molar-refractivity contribution is 6.30. The summed E-state index contributed by atoms with van der Waals surface area (Å²) in [6.07, 6.45) is 1.60. The first-order valence-corrected chi connectivity index (χ1v) is 7.91. The van der Waals surface area contributed by atoms with Crippen molar-refractivity contribution in [2.24, 2.45) is 0 Å². The number of hydrogen-bond donors (Lipinski definition) is 2. The van der Waals surface area contributed by atoms with Crippen LogP contribution in [0.2, 0.25) is 5.02 Å². The quantitative estimate of drug-likeness (QED) is 0.895. The predicted octanol–water partition coefficient (Wildman–Crippen LogP) is 2.79. The van der Waals surface area contributed by atoms with Crippen molar-refractivity contribution in [3.63, 3.8) is 0 Å². The molecule has 0 aliphatic heterocycles. The van der Waals surface area contributed by atoms with E-state index in [1.165, 1.54) is 0 Å². The summed E-state index contributed by atoms with van der Waals surface area (Å²) in [6.45, 7) is 7.44. The van der Waals surface area contributed by atoms with Crippen LogP contribution in [0.5, 0.6) is 0 Å². The summed E-state index contributed by atoms with van der Waals surface area (Å²) < 4.78 is 0. The van der Waals surface area contributed by atoms with E-state index in [0.717, 1.165) is 18.4 Å². The van der Waals surface area contributed by atoms with Crippen molar-refractivity contribution in [1.29, 1.82) is 0 Å². The van der Waals surface area contributed by atoms with E-state index in [9.17, 15) is 9.59 Å². The summed E-state index contributed by atoms with van der Waals surface area (Å²) in [6, 6.07) is 6.79. The largest absolute Gasteiger partial charge is 0.350 e. The van der Waals surface area contributed by atoms with E-state index in [-0.39, 0.29) is 17.4 Å². The van der Waals surface area contributed by atoms with Crippen LogP contribution in [0.25, 0.3) is 0 Å². The van der Waals surface area contributed by atoms with Crippen LogP contribution in [0.4, 0.5) is 0 Å². The van der Waals surface area contributed by atoms with Gasteiger partial charge in [-0.15, -0.1) is 0 Å². The molecule has 4 nitrogen and oxygen atoms in total.